The number of carboxylic acids is 1. The van der Waals surface area contributed by atoms with Crippen molar-refractivity contribution in [1.29, 1.82) is 0 Å². The van der Waals surface area contributed by atoms with E-state index in [9.17, 15) is 4.79 Å². The number of benzene rings is 1. The summed E-state index contributed by atoms with van der Waals surface area (Å²) < 4.78 is 11.3. The Morgan fingerprint density at radius 2 is 2.27 bits per heavy atom. The summed E-state index contributed by atoms with van der Waals surface area (Å²) in [6.45, 7) is 4.21. The van der Waals surface area contributed by atoms with Crippen molar-refractivity contribution in [3.05, 3.63) is 47.2 Å². The molecule has 6 heteroatoms. The molecule has 5 nitrogen and oxygen atoms in total. The second kappa shape index (κ2) is 7.89. The Morgan fingerprint density at radius 3 is 3.00 bits per heavy atom. The van der Waals surface area contributed by atoms with Crippen LogP contribution in [0, 0.1) is 6.92 Å². The molecular weight excluding hydrogens is 302 g/mol. The van der Waals surface area contributed by atoms with Crippen LogP contribution in [0.2, 0.25) is 0 Å². The van der Waals surface area contributed by atoms with Crippen LogP contribution in [0.1, 0.15) is 29.8 Å². The van der Waals surface area contributed by atoms with Crippen molar-refractivity contribution < 1.29 is 19.1 Å². The van der Waals surface area contributed by atoms with Crippen LogP contribution in [0.25, 0.3) is 0 Å². The maximum absolute atomic E-state index is 10.5. The Kier molecular flexibility index (Phi) is 5.89. The second-order valence-corrected chi connectivity index (χ2v) is 5.76. The van der Waals surface area contributed by atoms with Crippen LogP contribution in [-0.4, -0.2) is 21.8 Å². The molecule has 0 fully saturated rings. The van der Waals surface area contributed by atoms with Crippen LogP contribution in [0.3, 0.4) is 0 Å². The third kappa shape index (κ3) is 4.80. The summed E-state index contributed by atoms with van der Waals surface area (Å²) >= 11 is 1.36. The monoisotopic (exact) mass is 321 g/mol. The first-order chi connectivity index (χ1) is 10.6. The normalized spacial score (nSPS) is 10.6. The molecule has 0 aliphatic carbocycles. The molecule has 0 aliphatic rings. The molecule has 2 rings (SSSR count). The Bertz CT molecular complexity index is 639. The van der Waals surface area contributed by atoms with Crippen molar-refractivity contribution in [3.63, 3.8) is 0 Å². The number of aryl methyl sites for hydroxylation is 2. The predicted octanol–water partition coefficient (Wildman–Crippen LogP) is 3.44. The van der Waals surface area contributed by atoms with E-state index in [1.165, 1.54) is 11.8 Å². The average molecular weight is 321 g/mol. The largest absolute Gasteiger partial charge is 0.487 e. The van der Waals surface area contributed by atoms with Gasteiger partial charge >= 0.3 is 5.97 Å². The molecule has 1 heterocycles. The van der Waals surface area contributed by atoms with E-state index in [1.807, 2.05) is 38.1 Å². The van der Waals surface area contributed by atoms with Crippen molar-refractivity contribution in [2.75, 3.05) is 5.75 Å². The van der Waals surface area contributed by atoms with Gasteiger partial charge in [-0.05, 0) is 17.7 Å². The molecular formula is C16H19NO4S. The van der Waals surface area contributed by atoms with Gasteiger partial charge in [0.2, 0.25) is 0 Å². The molecule has 0 spiro atoms. The fourth-order valence-corrected chi connectivity index (χ4v) is 2.73. The molecule has 1 aromatic carbocycles. The Balaban J connectivity index is 1.93. The van der Waals surface area contributed by atoms with Gasteiger partial charge in [-0.2, -0.15) is 0 Å². The number of hydrogen-bond donors (Lipinski definition) is 1. The third-order valence-corrected chi connectivity index (χ3v) is 3.96. The summed E-state index contributed by atoms with van der Waals surface area (Å²) in [5, 5.41) is 8.65. The molecule has 0 atom stereocenters. The van der Waals surface area contributed by atoms with E-state index in [0.717, 1.165) is 29.2 Å². The maximum Gasteiger partial charge on any atom is 0.313 e. The van der Waals surface area contributed by atoms with Crippen LogP contribution >= 0.6 is 11.8 Å². The molecule has 0 bridgehead atoms. The van der Waals surface area contributed by atoms with Crippen molar-refractivity contribution in [2.45, 2.75) is 32.6 Å². The first-order valence-corrected chi connectivity index (χ1v) is 8.20. The number of hydrogen-bond acceptors (Lipinski definition) is 5. The molecule has 118 valence electrons. The van der Waals surface area contributed by atoms with Gasteiger partial charge in [-0.1, -0.05) is 19.1 Å². The minimum atomic E-state index is -0.800. The predicted molar refractivity (Wildman–Crippen MR) is 85.2 cm³/mol. The van der Waals surface area contributed by atoms with Crippen LogP contribution < -0.4 is 4.74 Å². The summed E-state index contributed by atoms with van der Waals surface area (Å²) in [7, 11) is 0. The topological polar surface area (TPSA) is 72.6 Å². The number of nitrogens with zero attached hydrogens (tertiary/aromatic N) is 1. The Hall–Kier alpha value is -1.95. The standard InChI is InChI=1S/C16H19NO4S/c1-3-15-14(17-11(2)21-15)8-20-13-6-4-5-12(7-13)9-22-10-16(18)19/h4-7H,3,8-10H2,1-2H3,(H,18,19). The van der Waals surface area contributed by atoms with Gasteiger partial charge in [0.1, 0.15) is 23.8 Å². The van der Waals surface area contributed by atoms with Gasteiger partial charge in [-0.3, -0.25) is 4.79 Å². The molecule has 0 saturated heterocycles. The van der Waals surface area contributed by atoms with Gasteiger partial charge in [0, 0.05) is 19.1 Å². The van der Waals surface area contributed by atoms with E-state index in [0.29, 0.717) is 18.3 Å². The quantitative estimate of drug-likeness (QED) is 0.803. The van der Waals surface area contributed by atoms with Crippen molar-refractivity contribution in [2.24, 2.45) is 0 Å². The number of carboxylic acid groups (broad SMARTS) is 1. The summed E-state index contributed by atoms with van der Waals surface area (Å²) in [6, 6.07) is 7.66. The highest BCUT2D eigenvalue weighted by Gasteiger charge is 2.10. The van der Waals surface area contributed by atoms with E-state index in [-0.39, 0.29) is 5.75 Å². The highest BCUT2D eigenvalue weighted by atomic mass is 32.2. The number of thioether (sulfide) groups is 1. The molecule has 22 heavy (non-hydrogen) atoms. The number of carbonyl (C=O) groups is 1. The van der Waals surface area contributed by atoms with Crippen molar-refractivity contribution in [3.8, 4) is 5.75 Å². The second-order valence-electron chi connectivity index (χ2n) is 4.78. The lowest BCUT2D eigenvalue weighted by Crippen LogP contribution is -2.00. The van der Waals surface area contributed by atoms with E-state index >= 15 is 0 Å². The number of rotatable bonds is 8. The van der Waals surface area contributed by atoms with Gasteiger partial charge < -0.3 is 14.3 Å². The zero-order valence-corrected chi connectivity index (χ0v) is 13.5. The number of oxazole rings is 1. The average Bonchev–Trinajstić information content (AvgIpc) is 2.85. The van der Waals surface area contributed by atoms with Crippen LogP contribution in [0.5, 0.6) is 5.75 Å². The Labute approximate surface area is 133 Å². The van der Waals surface area contributed by atoms with Crippen LogP contribution in [0.15, 0.2) is 28.7 Å². The van der Waals surface area contributed by atoms with Crippen LogP contribution in [0.4, 0.5) is 0 Å². The number of ether oxygens (including phenoxy) is 1. The van der Waals surface area contributed by atoms with E-state index in [2.05, 4.69) is 4.98 Å². The molecule has 1 aromatic heterocycles. The lowest BCUT2D eigenvalue weighted by molar-refractivity contribution is -0.133. The lowest BCUT2D eigenvalue weighted by atomic mass is 10.2. The summed E-state index contributed by atoms with van der Waals surface area (Å²) in [5.74, 6) is 2.19. The summed E-state index contributed by atoms with van der Waals surface area (Å²) in [4.78, 5) is 14.8. The number of aliphatic carboxylic acids is 1. The first-order valence-electron chi connectivity index (χ1n) is 7.05. The van der Waals surface area contributed by atoms with Gasteiger partial charge in [0.15, 0.2) is 5.89 Å². The third-order valence-electron chi connectivity index (χ3n) is 2.97. The molecule has 0 saturated carbocycles. The van der Waals surface area contributed by atoms with Gasteiger partial charge in [0.25, 0.3) is 0 Å². The molecule has 1 N–H and O–H groups in total. The summed E-state index contributed by atoms with van der Waals surface area (Å²) in [5.41, 5.74) is 1.86. The smallest absolute Gasteiger partial charge is 0.313 e. The fraction of sp³-hybridized carbons (Fsp3) is 0.375. The van der Waals surface area contributed by atoms with Gasteiger partial charge in [-0.25, -0.2) is 4.98 Å². The van der Waals surface area contributed by atoms with Crippen LogP contribution in [-0.2, 0) is 23.6 Å². The van der Waals surface area contributed by atoms with Gasteiger partial charge in [-0.15, -0.1) is 11.8 Å². The van der Waals surface area contributed by atoms with Gasteiger partial charge in [0.05, 0.1) is 5.75 Å². The van der Waals surface area contributed by atoms with Crippen molar-refractivity contribution >= 4 is 17.7 Å². The molecule has 0 aliphatic heterocycles. The lowest BCUT2D eigenvalue weighted by Gasteiger charge is -2.07. The highest BCUT2D eigenvalue weighted by molar-refractivity contribution is 7.99. The van der Waals surface area contributed by atoms with E-state index in [1.54, 1.807) is 0 Å². The van der Waals surface area contributed by atoms with E-state index in [4.69, 9.17) is 14.3 Å². The molecule has 2 aromatic rings. The maximum atomic E-state index is 10.5. The zero-order chi connectivity index (χ0) is 15.9. The molecule has 0 radical (unpaired) electrons. The number of aromatic nitrogens is 1. The van der Waals surface area contributed by atoms with E-state index < -0.39 is 5.97 Å². The SMILES string of the molecule is CCc1oc(C)nc1COc1cccc(CSCC(=O)O)c1. The molecule has 0 amide bonds. The minimum Gasteiger partial charge on any atom is -0.487 e. The first kappa shape index (κ1) is 16.4. The highest BCUT2D eigenvalue weighted by Crippen LogP contribution is 2.20. The summed E-state index contributed by atoms with van der Waals surface area (Å²) in [6.07, 6.45) is 0.783. The fourth-order valence-electron chi connectivity index (χ4n) is 2.03. The zero-order valence-electron chi connectivity index (χ0n) is 12.7. The molecule has 0 unspecified atom stereocenters. The minimum absolute atomic E-state index is 0.100. The Morgan fingerprint density at radius 1 is 1.45 bits per heavy atom. The van der Waals surface area contributed by atoms with Crippen molar-refractivity contribution in [1.82, 2.24) is 4.98 Å².